The van der Waals surface area contributed by atoms with Gasteiger partial charge in [-0.25, -0.2) is 19.2 Å². The maximum absolute atomic E-state index is 14.5. The van der Waals surface area contributed by atoms with Crippen LogP contribution in [0.2, 0.25) is 0 Å². The molecule has 0 saturated carbocycles. The van der Waals surface area contributed by atoms with Crippen molar-refractivity contribution < 1.29 is 28.2 Å². The largest absolute Gasteiger partial charge is 0.494 e. The van der Waals surface area contributed by atoms with Crippen LogP contribution in [-0.2, 0) is 29.0 Å². The Labute approximate surface area is 279 Å². The lowest BCUT2D eigenvalue weighted by Gasteiger charge is -2.32. The van der Waals surface area contributed by atoms with Crippen molar-refractivity contribution in [2.75, 3.05) is 13.2 Å². The van der Waals surface area contributed by atoms with E-state index in [9.17, 15) is 19.1 Å². The quantitative estimate of drug-likeness (QED) is 0.0412. The molecule has 5 rings (SSSR count). The number of benzene rings is 4. The minimum absolute atomic E-state index is 0.00802. The van der Waals surface area contributed by atoms with Crippen molar-refractivity contribution in [3.05, 3.63) is 151 Å². The molecule has 4 aromatic carbocycles. The van der Waals surface area contributed by atoms with Gasteiger partial charge in [0.25, 0.3) is 5.91 Å². The molecule has 0 aliphatic carbocycles. The number of carbonyl (C=O) groups excluding carboxylic acids is 1. The summed E-state index contributed by atoms with van der Waals surface area (Å²) in [6.07, 6.45) is -0.755. The Morgan fingerprint density at radius 3 is 2.47 bits per heavy atom. The molecule has 15 heteroatoms. The first-order chi connectivity index (χ1) is 23.9. The Balaban J connectivity index is 1.61. The Hall–Kier alpha value is -5.98. The van der Waals surface area contributed by atoms with Crippen LogP contribution in [-0.4, -0.2) is 35.7 Å². The van der Waals surface area contributed by atoms with E-state index in [1.807, 2.05) is 0 Å². The smallest absolute Gasteiger partial charge is 0.266 e. The van der Waals surface area contributed by atoms with Gasteiger partial charge in [0.2, 0.25) is 5.90 Å². The number of hydrogen-bond donors (Lipinski definition) is 3. The minimum Gasteiger partial charge on any atom is -0.494 e. The standard InChI is InChI=1S/C34H31F2N9O4/c35-26-13-10-25(29(36)18-26)21-39-43-33(47)34(19-23-6-2-4-9-30(23)42-45-38)31(28-8-3-1-7-24(28)20-40-44-37)49-32(41-34)22-11-14-27(15-12-22)48-17-5-16-46/h1-4,6-15,18,31,39,46H,5,16-17,19-21H2,(H,43,47)/t31-,34-/m0/s1. The SMILES string of the molecule is [N-]=[N+]=NCc1ccccc1[C@@H]1OC(c2ccc(OCCCO)cc2)=N[C@]1(Cc1ccccc1N=[N+]=[N-])C(=O)NNCc1ccc(F)cc1F. The molecule has 1 aliphatic rings. The number of nitrogens with zero attached hydrogens (tertiary/aromatic N) is 7. The number of nitrogens with one attached hydrogen (secondary N) is 2. The monoisotopic (exact) mass is 667 g/mol. The Morgan fingerprint density at radius 1 is 0.980 bits per heavy atom. The van der Waals surface area contributed by atoms with E-state index >= 15 is 0 Å². The van der Waals surface area contributed by atoms with Crippen molar-refractivity contribution in [2.45, 2.75) is 37.6 Å². The van der Waals surface area contributed by atoms with Crippen LogP contribution in [0, 0.1) is 11.6 Å². The van der Waals surface area contributed by atoms with Crippen molar-refractivity contribution in [2.24, 2.45) is 15.2 Å². The van der Waals surface area contributed by atoms with Gasteiger partial charge in [-0.05, 0) is 58.1 Å². The van der Waals surface area contributed by atoms with Crippen molar-refractivity contribution in [3.63, 3.8) is 0 Å². The first kappa shape index (κ1) is 34.4. The minimum atomic E-state index is -1.77. The normalized spacial score (nSPS) is 16.5. The molecule has 0 bridgehead atoms. The number of aliphatic hydroxyl groups excluding tert-OH is 1. The highest BCUT2D eigenvalue weighted by Gasteiger charge is 2.54. The van der Waals surface area contributed by atoms with E-state index in [0.717, 1.165) is 12.1 Å². The van der Waals surface area contributed by atoms with Gasteiger partial charge in [0, 0.05) is 58.7 Å². The molecule has 1 amide bonds. The molecule has 1 heterocycles. The lowest BCUT2D eigenvalue weighted by molar-refractivity contribution is -0.130. The number of amides is 1. The van der Waals surface area contributed by atoms with Crippen LogP contribution in [0.25, 0.3) is 20.9 Å². The van der Waals surface area contributed by atoms with Crippen LogP contribution >= 0.6 is 0 Å². The fourth-order valence-electron chi connectivity index (χ4n) is 5.39. The van der Waals surface area contributed by atoms with Gasteiger partial charge in [-0.15, -0.1) is 0 Å². The third-order valence-electron chi connectivity index (χ3n) is 7.77. The number of aliphatic imine (C=N–C) groups is 1. The number of aliphatic hydroxyl groups is 1. The first-order valence-electron chi connectivity index (χ1n) is 15.2. The van der Waals surface area contributed by atoms with Gasteiger partial charge in [0.1, 0.15) is 17.4 Å². The predicted octanol–water partition coefficient (Wildman–Crippen LogP) is 6.80. The second-order valence-electron chi connectivity index (χ2n) is 10.9. The lowest BCUT2D eigenvalue weighted by atomic mass is 9.80. The molecule has 4 aromatic rings. The summed E-state index contributed by atoms with van der Waals surface area (Å²) in [6, 6.07) is 23.7. The number of rotatable bonds is 15. The van der Waals surface area contributed by atoms with E-state index in [4.69, 9.17) is 25.1 Å². The summed E-state index contributed by atoms with van der Waals surface area (Å²) in [5.74, 6) is -1.53. The molecule has 49 heavy (non-hydrogen) atoms. The number of hydrazine groups is 1. The molecule has 1 aliphatic heterocycles. The van der Waals surface area contributed by atoms with Gasteiger partial charge in [-0.1, -0.05) is 64.8 Å². The fraction of sp³-hybridized carbons (Fsp3) is 0.235. The summed E-state index contributed by atoms with van der Waals surface area (Å²) in [5.41, 5.74) is 24.4. The second-order valence-corrected chi connectivity index (χ2v) is 10.9. The molecule has 0 spiro atoms. The van der Waals surface area contributed by atoms with Gasteiger partial charge in [0.15, 0.2) is 11.6 Å². The van der Waals surface area contributed by atoms with Crippen LogP contribution < -0.4 is 15.6 Å². The lowest BCUT2D eigenvalue weighted by Crippen LogP contribution is -2.53. The van der Waals surface area contributed by atoms with Crippen LogP contribution in [0.15, 0.2) is 106 Å². The second kappa shape index (κ2) is 16.2. The number of carbonyl (C=O) groups is 1. The van der Waals surface area contributed by atoms with Crippen LogP contribution in [0.5, 0.6) is 5.75 Å². The van der Waals surface area contributed by atoms with Gasteiger partial charge in [-0.3, -0.25) is 10.2 Å². The van der Waals surface area contributed by atoms with Crippen LogP contribution in [0.3, 0.4) is 0 Å². The Bertz CT molecular complexity index is 1930. The van der Waals surface area contributed by atoms with E-state index in [-0.39, 0.29) is 43.3 Å². The molecular weight excluding hydrogens is 636 g/mol. The number of halogens is 2. The zero-order valence-corrected chi connectivity index (χ0v) is 26.0. The molecule has 0 radical (unpaired) electrons. The van der Waals surface area contributed by atoms with E-state index in [2.05, 4.69) is 30.9 Å². The highest BCUT2D eigenvalue weighted by Crippen LogP contribution is 2.44. The summed E-state index contributed by atoms with van der Waals surface area (Å²) < 4.78 is 40.1. The molecule has 3 N–H and O–H groups in total. The molecule has 0 fully saturated rings. The van der Waals surface area contributed by atoms with Crippen LogP contribution in [0.1, 0.15) is 40.3 Å². The summed E-state index contributed by atoms with van der Waals surface area (Å²) in [4.78, 5) is 25.3. The van der Waals surface area contributed by atoms with Crippen LogP contribution in [0.4, 0.5) is 14.5 Å². The first-order valence-corrected chi connectivity index (χ1v) is 15.2. The zero-order chi connectivity index (χ0) is 34.6. The van der Waals surface area contributed by atoms with E-state index in [1.54, 1.807) is 72.8 Å². The van der Waals surface area contributed by atoms with Crippen molar-refractivity contribution in [1.29, 1.82) is 0 Å². The number of azide groups is 2. The molecule has 0 aromatic heterocycles. The van der Waals surface area contributed by atoms with E-state index in [1.165, 1.54) is 6.07 Å². The molecule has 2 atom stereocenters. The molecule has 0 unspecified atom stereocenters. The molecule has 13 nitrogen and oxygen atoms in total. The summed E-state index contributed by atoms with van der Waals surface area (Å²) in [7, 11) is 0. The molecular formula is C34H31F2N9O4. The number of hydrogen-bond acceptors (Lipinski definition) is 8. The summed E-state index contributed by atoms with van der Waals surface area (Å²) >= 11 is 0. The highest BCUT2D eigenvalue weighted by molar-refractivity contribution is 6.01. The highest BCUT2D eigenvalue weighted by atomic mass is 19.1. The van der Waals surface area contributed by atoms with Crippen molar-refractivity contribution in [1.82, 2.24) is 10.9 Å². The van der Waals surface area contributed by atoms with E-state index in [0.29, 0.717) is 41.0 Å². The predicted molar refractivity (Wildman–Crippen MR) is 176 cm³/mol. The molecule has 0 saturated heterocycles. The van der Waals surface area contributed by atoms with Crippen molar-refractivity contribution >= 4 is 17.5 Å². The third-order valence-corrected chi connectivity index (χ3v) is 7.77. The summed E-state index contributed by atoms with van der Waals surface area (Å²) in [6.45, 7) is 0.0827. The van der Waals surface area contributed by atoms with Gasteiger partial charge in [-0.2, -0.15) is 0 Å². The van der Waals surface area contributed by atoms with Crippen molar-refractivity contribution in [3.8, 4) is 5.75 Å². The van der Waals surface area contributed by atoms with Gasteiger partial charge >= 0.3 is 0 Å². The van der Waals surface area contributed by atoms with Gasteiger partial charge in [0.05, 0.1) is 13.2 Å². The average molecular weight is 668 g/mol. The average Bonchev–Trinajstić information content (AvgIpc) is 3.50. The maximum Gasteiger partial charge on any atom is 0.266 e. The Morgan fingerprint density at radius 2 is 1.73 bits per heavy atom. The Kier molecular flexibility index (Phi) is 11.4. The van der Waals surface area contributed by atoms with Gasteiger partial charge < -0.3 is 14.6 Å². The topological polar surface area (TPSA) is 190 Å². The molecule has 250 valence electrons. The number of ether oxygens (including phenoxy) is 2. The third kappa shape index (κ3) is 8.12. The summed E-state index contributed by atoms with van der Waals surface area (Å²) in [5, 5.41) is 16.6. The van der Waals surface area contributed by atoms with E-state index < -0.39 is 29.2 Å². The fourth-order valence-corrected chi connectivity index (χ4v) is 5.39. The zero-order valence-electron chi connectivity index (χ0n) is 26.0. The maximum atomic E-state index is 14.5.